The number of rotatable bonds is 7. The summed E-state index contributed by atoms with van der Waals surface area (Å²) in [4.78, 5) is 26.0. The molecule has 8 heteroatoms. The predicted molar refractivity (Wildman–Crippen MR) is 117 cm³/mol. The zero-order valence-corrected chi connectivity index (χ0v) is 18.9. The molecule has 1 aromatic carbocycles. The third-order valence-electron chi connectivity index (χ3n) is 5.00. The van der Waals surface area contributed by atoms with Gasteiger partial charge in [0.1, 0.15) is 5.60 Å². The summed E-state index contributed by atoms with van der Waals surface area (Å²) < 4.78 is 13.1. The van der Waals surface area contributed by atoms with Gasteiger partial charge in [-0.15, -0.1) is 0 Å². The highest BCUT2D eigenvalue weighted by Gasteiger charge is 2.34. The van der Waals surface area contributed by atoms with Crippen LogP contribution in [-0.2, 0) is 22.6 Å². The molecule has 0 saturated heterocycles. The molecule has 3 rings (SSSR count). The van der Waals surface area contributed by atoms with Crippen molar-refractivity contribution in [2.45, 2.75) is 64.5 Å². The van der Waals surface area contributed by atoms with Crippen LogP contribution in [0.5, 0.6) is 0 Å². The van der Waals surface area contributed by atoms with Crippen molar-refractivity contribution in [1.82, 2.24) is 20.0 Å². The van der Waals surface area contributed by atoms with Gasteiger partial charge in [0.2, 0.25) is 0 Å². The monoisotopic (exact) mass is 428 g/mol. The van der Waals surface area contributed by atoms with E-state index in [9.17, 15) is 9.59 Å². The van der Waals surface area contributed by atoms with E-state index < -0.39 is 11.7 Å². The second kappa shape index (κ2) is 9.51. The first-order valence-corrected chi connectivity index (χ1v) is 10.5. The highest BCUT2D eigenvalue weighted by atomic mass is 16.6. The quantitative estimate of drug-likeness (QED) is 0.729. The Bertz CT molecular complexity index is 896. The first-order valence-electron chi connectivity index (χ1n) is 10.5. The topological polar surface area (TPSA) is 85.7 Å². The highest BCUT2D eigenvalue weighted by molar-refractivity contribution is 5.92. The normalized spacial score (nSPS) is 18.2. The molecule has 8 nitrogen and oxygen atoms in total. The largest absolute Gasteiger partial charge is 0.444 e. The van der Waals surface area contributed by atoms with Gasteiger partial charge in [0.05, 0.1) is 31.0 Å². The summed E-state index contributed by atoms with van der Waals surface area (Å²) in [6, 6.07) is 11.9. The summed E-state index contributed by atoms with van der Waals surface area (Å²) in [5.74, 6) is -0.173. The number of aromatic nitrogens is 2. The Balaban J connectivity index is 1.63. The lowest BCUT2D eigenvalue weighted by atomic mass is 9.89. The molecular formula is C23H32N4O4. The fourth-order valence-electron chi connectivity index (χ4n) is 3.35. The maximum absolute atomic E-state index is 12.4. The van der Waals surface area contributed by atoms with Crippen LogP contribution in [0.2, 0.25) is 0 Å². The minimum Gasteiger partial charge on any atom is -0.444 e. The number of nitrogens with zero attached hydrogens (tertiary/aromatic N) is 3. The van der Waals surface area contributed by atoms with E-state index in [1.54, 1.807) is 20.2 Å². The third-order valence-corrected chi connectivity index (χ3v) is 5.00. The van der Waals surface area contributed by atoms with Crippen molar-refractivity contribution in [2.24, 2.45) is 0 Å². The molecule has 1 N–H and O–H groups in total. The second-order valence-corrected chi connectivity index (χ2v) is 9.06. The summed E-state index contributed by atoms with van der Waals surface area (Å²) in [6.07, 6.45) is 1.26. The fraction of sp³-hybridized carbons (Fsp3) is 0.522. The molecule has 31 heavy (non-hydrogen) atoms. The van der Waals surface area contributed by atoms with Crippen LogP contribution >= 0.6 is 0 Å². The average Bonchev–Trinajstić information content (AvgIpc) is 3.07. The Kier molecular flexibility index (Phi) is 7.00. The Morgan fingerprint density at radius 3 is 2.48 bits per heavy atom. The molecule has 168 valence electrons. The lowest BCUT2D eigenvalue weighted by Crippen LogP contribution is -2.36. The van der Waals surface area contributed by atoms with Gasteiger partial charge in [-0.25, -0.2) is 4.79 Å². The molecule has 1 aliphatic carbocycles. The molecule has 0 spiro atoms. The molecule has 1 fully saturated rings. The van der Waals surface area contributed by atoms with Crippen molar-refractivity contribution in [1.29, 1.82) is 0 Å². The van der Waals surface area contributed by atoms with E-state index in [-0.39, 0.29) is 24.6 Å². The average molecular weight is 429 g/mol. The van der Waals surface area contributed by atoms with E-state index in [0.29, 0.717) is 12.3 Å². The lowest BCUT2D eigenvalue weighted by molar-refractivity contribution is -0.0391. The van der Waals surface area contributed by atoms with Crippen LogP contribution in [0.3, 0.4) is 0 Å². The zero-order chi connectivity index (χ0) is 22.6. The SMILES string of the molecule is CN(C)C(=O)c1cc(CNC(=O)OC(C)(C)C)n([C@H]2C[C@H](OCc3ccccc3)C2)n1. The molecule has 1 saturated carbocycles. The number of carbonyl (C=O) groups is 2. The minimum absolute atomic E-state index is 0.125. The van der Waals surface area contributed by atoms with Crippen molar-refractivity contribution in [3.05, 3.63) is 53.3 Å². The summed E-state index contributed by atoms with van der Waals surface area (Å²) in [5, 5.41) is 7.30. The van der Waals surface area contributed by atoms with Crippen LogP contribution in [0, 0.1) is 0 Å². The molecule has 0 radical (unpaired) electrons. The van der Waals surface area contributed by atoms with Crippen molar-refractivity contribution in [2.75, 3.05) is 14.1 Å². The Morgan fingerprint density at radius 2 is 1.87 bits per heavy atom. The number of hydrogen-bond acceptors (Lipinski definition) is 5. The molecule has 1 aromatic heterocycles. The van der Waals surface area contributed by atoms with Crippen molar-refractivity contribution in [3.63, 3.8) is 0 Å². The standard InChI is InChI=1S/C23H32N4O4/c1-23(2,3)31-22(29)24-14-18-13-20(21(28)26(4)5)25-27(18)17-11-19(12-17)30-15-16-9-7-6-8-10-16/h6-10,13,17,19H,11-12,14-15H2,1-5H3,(H,24,29)/t17-,19-. The third kappa shape index (κ3) is 6.30. The van der Waals surface area contributed by atoms with Crippen LogP contribution in [-0.4, -0.2) is 52.5 Å². The first kappa shape index (κ1) is 22.8. The van der Waals surface area contributed by atoms with Gasteiger partial charge in [-0.2, -0.15) is 5.10 Å². The molecule has 0 unspecified atom stereocenters. The fourth-order valence-corrected chi connectivity index (χ4v) is 3.35. The van der Waals surface area contributed by atoms with Gasteiger partial charge in [0.25, 0.3) is 5.91 Å². The molecule has 2 amide bonds. The molecule has 0 bridgehead atoms. The van der Waals surface area contributed by atoms with Crippen molar-refractivity contribution < 1.29 is 19.1 Å². The Hall–Kier alpha value is -2.87. The number of nitrogens with one attached hydrogen (secondary N) is 1. The van der Waals surface area contributed by atoms with Gasteiger partial charge in [0, 0.05) is 14.1 Å². The molecule has 0 atom stereocenters. The van der Waals surface area contributed by atoms with Gasteiger partial charge in [-0.05, 0) is 45.2 Å². The summed E-state index contributed by atoms with van der Waals surface area (Å²) in [7, 11) is 3.38. The zero-order valence-electron chi connectivity index (χ0n) is 18.9. The Labute approximate surface area is 183 Å². The second-order valence-electron chi connectivity index (χ2n) is 9.06. The van der Waals surface area contributed by atoms with E-state index in [4.69, 9.17) is 9.47 Å². The predicted octanol–water partition coefficient (Wildman–Crippen LogP) is 3.53. The first-order chi connectivity index (χ1) is 14.6. The minimum atomic E-state index is -0.576. The Morgan fingerprint density at radius 1 is 1.19 bits per heavy atom. The van der Waals surface area contributed by atoms with E-state index in [1.165, 1.54) is 4.90 Å². The van der Waals surface area contributed by atoms with Gasteiger partial charge in [-0.1, -0.05) is 30.3 Å². The lowest BCUT2D eigenvalue weighted by Gasteiger charge is -2.36. The van der Waals surface area contributed by atoms with Gasteiger partial charge < -0.3 is 19.7 Å². The van der Waals surface area contributed by atoms with Gasteiger partial charge in [-0.3, -0.25) is 9.48 Å². The number of hydrogen-bond donors (Lipinski definition) is 1. The molecule has 2 aromatic rings. The maximum atomic E-state index is 12.4. The molecule has 1 aliphatic rings. The molecular weight excluding hydrogens is 396 g/mol. The van der Waals surface area contributed by atoms with E-state index >= 15 is 0 Å². The number of alkyl carbamates (subject to hydrolysis) is 1. The van der Waals surface area contributed by atoms with E-state index in [2.05, 4.69) is 10.4 Å². The summed E-state index contributed by atoms with van der Waals surface area (Å²) >= 11 is 0. The molecule has 0 aliphatic heterocycles. The van der Waals surface area contributed by atoms with Crippen LogP contribution in [0.4, 0.5) is 4.79 Å². The van der Waals surface area contributed by atoms with E-state index in [1.807, 2.05) is 55.8 Å². The van der Waals surface area contributed by atoms with Crippen LogP contribution in [0.25, 0.3) is 0 Å². The number of benzene rings is 1. The van der Waals surface area contributed by atoms with Gasteiger partial charge >= 0.3 is 6.09 Å². The maximum Gasteiger partial charge on any atom is 0.407 e. The number of carbonyl (C=O) groups excluding carboxylic acids is 2. The van der Waals surface area contributed by atoms with Crippen LogP contribution in [0.15, 0.2) is 36.4 Å². The summed E-state index contributed by atoms with van der Waals surface area (Å²) in [5.41, 5.74) is 1.70. The van der Waals surface area contributed by atoms with Crippen LogP contribution < -0.4 is 5.32 Å². The van der Waals surface area contributed by atoms with Crippen molar-refractivity contribution in [3.8, 4) is 0 Å². The van der Waals surface area contributed by atoms with Crippen molar-refractivity contribution >= 4 is 12.0 Å². The molecule has 1 heterocycles. The summed E-state index contributed by atoms with van der Waals surface area (Å²) in [6.45, 7) is 6.25. The number of ether oxygens (including phenoxy) is 2. The van der Waals surface area contributed by atoms with E-state index in [0.717, 1.165) is 24.1 Å². The van der Waals surface area contributed by atoms with Crippen LogP contribution in [0.1, 0.15) is 61.4 Å². The van der Waals surface area contributed by atoms with Gasteiger partial charge in [0.15, 0.2) is 5.69 Å². The highest BCUT2D eigenvalue weighted by Crippen LogP contribution is 2.35. The number of amides is 2. The smallest absolute Gasteiger partial charge is 0.407 e.